The summed E-state index contributed by atoms with van der Waals surface area (Å²) in [6.45, 7) is 7.45. The van der Waals surface area contributed by atoms with Crippen LogP contribution in [-0.4, -0.2) is 9.55 Å². The van der Waals surface area contributed by atoms with Gasteiger partial charge in [-0.1, -0.05) is 61.6 Å². The predicted molar refractivity (Wildman–Crippen MR) is 88.3 cm³/mol. The summed E-state index contributed by atoms with van der Waals surface area (Å²) in [4.78, 5) is 17.1. The van der Waals surface area contributed by atoms with E-state index >= 15 is 0 Å². The summed E-state index contributed by atoms with van der Waals surface area (Å²) in [6.07, 6.45) is 0. The van der Waals surface area contributed by atoms with Gasteiger partial charge in [-0.05, 0) is 24.5 Å². The lowest BCUT2D eigenvalue weighted by Gasteiger charge is -2.22. The smallest absolute Gasteiger partial charge is 0.263 e. The second kappa shape index (κ2) is 5.64. The van der Waals surface area contributed by atoms with E-state index in [2.05, 4.69) is 4.98 Å². The van der Waals surface area contributed by atoms with E-state index in [1.54, 1.807) is 25.1 Å². The number of hydrogen-bond donors (Lipinski definition) is 0. The first-order valence-corrected chi connectivity index (χ1v) is 7.52. The lowest BCUT2D eigenvalue weighted by atomic mass is 9.89. The highest BCUT2D eigenvalue weighted by molar-refractivity contribution is 6.43. The van der Waals surface area contributed by atoms with E-state index in [0.717, 1.165) is 0 Å². The van der Waals surface area contributed by atoms with E-state index in [9.17, 15) is 4.79 Å². The number of nitrogens with zero attached hydrogens (tertiary/aromatic N) is 2. The Labute approximate surface area is 138 Å². The minimum atomic E-state index is -0.429. The summed E-state index contributed by atoms with van der Waals surface area (Å²) in [5.41, 5.74) is 0.290. The van der Waals surface area contributed by atoms with E-state index in [-0.39, 0.29) is 10.7 Å². The molecule has 0 N–H and O–H groups in total. The first-order chi connectivity index (χ1) is 9.64. The van der Waals surface area contributed by atoms with Gasteiger partial charge >= 0.3 is 0 Å². The lowest BCUT2D eigenvalue weighted by Crippen LogP contribution is -2.32. The third-order valence-corrected chi connectivity index (χ3v) is 4.21. The third kappa shape index (κ3) is 2.96. The van der Waals surface area contributed by atoms with Gasteiger partial charge in [0.25, 0.3) is 5.56 Å². The second-order valence-corrected chi connectivity index (χ2v) is 6.93. The fourth-order valence-electron chi connectivity index (χ4n) is 2.17. The molecular weight excluding hydrogens is 331 g/mol. The van der Waals surface area contributed by atoms with Crippen molar-refractivity contribution in [1.29, 1.82) is 0 Å². The van der Waals surface area contributed by atoms with E-state index in [4.69, 9.17) is 34.8 Å². The standard InChI is InChI=1S/C15H15Cl3N2O/c1-8-19-13(18)11(15(2,3)4)14(21)20(8)10-7-5-6-9(16)12(10)17/h5-7H,1-4H3. The Bertz CT molecular complexity index is 761. The summed E-state index contributed by atoms with van der Waals surface area (Å²) < 4.78 is 1.45. The van der Waals surface area contributed by atoms with E-state index < -0.39 is 5.41 Å². The Hall–Kier alpha value is -1.03. The number of rotatable bonds is 1. The molecule has 0 unspecified atom stereocenters. The second-order valence-electron chi connectivity index (χ2n) is 5.79. The van der Waals surface area contributed by atoms with Gasteiger partial charge in [-0.25, -0.2) is 4.98 Å². The molecule has 2 aromatic rings. The summed E-state index contributed by atoms with van der Waals surface area (Å²) in [6, 6.07) is 5.13. The maximum Gasteiger partial charge on any atom is 0.263 e. The fraction of sp³-hybridized carbons (Fsp3) is 0.333. The Morgan fingerprint density at radius 1 is 1.14 bits per heavy atom. The van der Waals surface area contributed by atoms with Gasteiger partial charge in [0.2, 0.25) is 0 Å². The van der Waals surface area contributed by atoms with Gasteiger partial charge in [0.15, 0.2) is 0 Å². The normalized spacial score (nSPS) is 11.8. The predicted octanol–water partition coefficient (Wildman–Crippen LogP) is 4.80. The van der Waals surface area contributed by atoms with Crippen molar-refractivity contribution in [3.05, 3.63) is 55.1 Å². The van der Waals surface area contributed by atoms with Crippen molar-refractivity contribution in [3.8, 4) is 5.69 Å². The number of aryl methyl sites for hydroxylation is 1. The summed E-state index contributed by atoms with van der Waals surface area (Å²) in [5.74, 6) is 0.460. The van der Waals surface area contributed by atoms with Crippen LogP contribution < -0.4 is 5.56 Å². The molecule has 21 heavy (non-hydrogen) atoms. The topological polar surface area (TPSA) is 34.9 Å². The van der Waals surface area contributed by atoms with Crippen LogP contribution in [-0.2, 0) is 5.41 Å². The van der Waals surface area contributed by atoms with Crippen molar-refractivity contribution in [2.24, 2.45) is 0 Å². The van der Waals surface area contributed by atoms with Gasteiger partial charge in [-0.3, -0.25) is 9.36 Å². The zero-order valence-corrected chi connectivity index (χ0v) is 14.4. The first kappa shape index (κ1) is 16.3. The molecule has 0 saturated heterocycles. The molecule has 0 saturated carbocycles. The molecule has 1 heterocycles. The number of halogens is 3. The molecule has 0 aliphatic heterocycles. The van der Waals surface area contributed by atoms with Crippen LogP contribution in [0.2, 0.25) is 15.2 Å². The average Bonchev–Trinajstić information content (AvgIpc) is 2.31. The van der Waals surface area contributed by atoms with Crippen molar-refractivity contribution in [2.75, 3.05) is 0 Å². The Kier molecular flexibility index (Phi) is 4.39. The molecule has 0 amide bonds. The Balaban J connectivity index is 2.89. The summed E-state index contributed by atoms with van der Waals surface area (Å²) >= 11 is 18.4. The van der Waals surface area contributed by atoms with Crippen molar-refractivity contribution in [3.63, 3.8) is 0 Å². The van der Waals surface area contributed by atoms with Crippen LogP contribution >= 0.6 is 34.8 Å². The molecule has 0 fully saturated rings. The molecule has 0 aliphatic rings. The van der Waals surface area contributed by atoms with Crippen molar-refractivity contribution in [2.45, 2.75) is 33.1 Å². The van der Waals surface area contributed by atoms with E-state index in [0.29, 0.717) is 27.1 Å². The zero-order valence-electron chi connectivity index (χ0n) is 12.2. The van der Waals surface area contributed by atoms with Crippen LogP contribution in [0.15, 0.2) is 23.0 Å². The van der Waals surface area contributed by atoms with Crippen molar-refractivity contribution >= 4 is 34.8 Å². The van der Waals surface area contributed by atoms with Gasteiger partial charge in [0.05, 0.1) is 21.3 Å². The van der Waals surface area contributed by atoms with Crippen LogP contribution in [0.5, 0.6) is 0 Å². The molecule has 1 aromatic carbocycles. The molecule has 0 radical (unpaired) electrons. The SMILES string of the molecule is Cc1nc(Cl)c(C(C)(C)C)c(=O)n1-c1cccc(Cl)c1Cl. The maximum atomic E-state index is 12.9. The molecule has 0 spiro atoms. The molecule has 3 nitrogen and oxygen atoms in total. The molecule has 0 atom stereocenters. The lowest BCUT2D eigenvalue weighted by molar-refractivity contribution is 0.571. The Morgan fingerprint density at radius 3 is 2.33 bits per heavy atom. The van der Waals surface area contributed by atoms with Crippen molar-refractivity contribution < 1.29 is 0 Å². The number of aromatic nitrogens is 2. The molecule has 112 valence electrons. The summed E-state index contributed by atoms with van der Waals surface area (Å²) in [7, 11) is 0. The molecular formula is C15H15Cl3N2O. The van der Waals surface area contributed by atoms with E-state index in [1.807, 2.05) is 20.8 Å². The monoisotopic (exact) mass is 344 g/mol. The number of hydrogen-bond acceptors (Lipinski definition) is 2. The fourth-order valence-corrected chi connectivity index (χ4v) is 3.04. The maximum absolute atomic E-state index is 12.9. The molecule has 2 rings (SSSR count). The molecule has 1 aromatic heterocycles. The third-order valence-electron chi connectivity index (χ3n) is 3.13. The molecule has 0 bridgehead atoms. The van der Waals surface area contributed by atoms with Gasteiger partial charge in [-0.2, -0.15) is 0 Å². The van der Waals surface area contributed by atoms with Gasteiger partial charge < -0.3 is 0 Å². The van der Waals surface area contributed by atoms with Crippen LogP contribution in [0.25, 0.3) is 5.69 Å². The average molecular weight is 346 g/mol. The largest absolute Gasteiger partial charge is 0.268 e. The minimum Gasteiger partial charge on any atom is -0.268 e. The highest BCUT2D eigenvalue weighted by Gasteiger charge is 2.26. The number of benzene rings is 1. The van der Waals surface area contributed by atoms with Crippen molar-refractivity contribution in [1.82, 2.24) is 9.55 Å². The van der Waals surface area contributed by atoms with Crippen LogP contribution in [0.1, 0.15) is 32.2 Å². The van der Waals surface area contributed by atoms with Gasteiger partial charge in [0.1, 0.15) is 11.0 Å². The molecule has 0 aliphatic carbocycles. The van der Waals surface area contributed by atoms with E-state index in [1.165, 1.54) is 4.57 Å². The van der Waals surface area contributed by atoms with Crippen LogP contribution in [0, 0.1) is 6.92 Å². The van der Waals surface area contributed by atoms with Crippen LogP contribution in [0.4, 0.5) is 0 Å². The van der Waals surface area contributed by atoms with Gasteiger partial charge in [-0.15, -0.1) is 0 Å². The zero-order chi connectivity index (χ0) is 15.9. The quantitative estimate of drug-likeness (QED) is 0.696. The van der Waals surface area contributed by atoms with Crippen LogP contribution in [0.3, 0.4) is 0 Å². The van der Waals surface area contributed by atoms with Gasteiger partial charge in [0, 0.05) is 0 Å². The summed E-state index contributed by atoms with van der Waals surface area (Å²) in [5, 5.41) is 0.917. The molecule has 6 heteroatoms. The minimum absolute atomic E-state index is 0.222. The Morgan fingerprint density at radius 2 is 1.76 bits per heavy atom. The first-order valence-electron chi connectivity index (χ1n) is 6.38. The highest BCUT2D eigenvalue weighted by atomic mass is 35.5. The highest BCUT2D eigenvalue weighted by Crippen LogP contribution is 2.30.